The molecule has 18 heavy (non-hydrogen) atoms. The summed E-state index contributed by atoms with van der Waals surface area (Å²) >= 11 is 6.01. The minimum absolute atomic E-state index is 0.761. The monoisotopic (exact) mass is 257 g/mol. The Labute approximate surface area is 113 Å². The number of rotatable bonds is 5. The smallest absolute Gasteiger partial charge is 0.0410 e. The standard InChI is InChI=1S/C16H16ClN/c1-2-6-14-11-15(17)9-10-16(14)18-12-13-7-4-3-5-8-13/h2-5,7-11,18H,1,6,12H2. The summed E-state index contributed by atoms with van der Waals surface area (Å²) in [6.45, 7) is 4.59. The van der Waals surface area contributed by atoms with E-state index in [9.17, 15) is 0 Å². The molecule has 0 amide bonds. The number of anilines is 1. The van der Waals surface area contributed by atoms with Gasteiger partial charge in [-0.3, -0.25) is 0 Å². The molecule has 0 radical (unpaired) electrons. The fraction of sp³-hybridized carbons (Fsp3) is 0.125. The Kier molecular flexibility index (Phi) is 4.43. The number of benzene rings is 2. The van der Waals surface area contributed by atoms with Gasteiger partial charge in [0.05, 0.1) is 0 Å². The first-order valence-electron chi connectivity index (χ1n) is 5.96. The van der Waals surface area contributed by atoms with E-state index in [2.05, 4.69) is 24.0 Å². The van der Waals surface area contributed by atoms with Crippen molar-refractivity contribution in [1.29, 1.82) is 0 Å². The third kappa shape index (κ3) is 3.38. The fourth-order valence-electron chi connectivity index (χ4n) is 1.85. The second kappa shape index (κ2) is 6.27. The first kappa shape index (κ1) is 12.7. The highest BCUT2D eigenvalue weighted by atomic mass is 35.5. The normalized spacial score (nSPS) is 10.1. The van der Waals surface area contributed by atoms with Crippen LogP contribution in [-0.2, 0) is 13.0 Å². The Morgan fingerprint density at radius 2 is 1.89 bits per heavy atom. The molecule has 92 valence electrons. The second-order valence-corrected chi connectivity index (χ2v) is 4.57. The molecule has 0 unspecified atom stereocenters. The van der Waals surface area contributed by atoms with Gasteiger partial charge in [-0.05, 0) is 35.7 Å². The predicted octanol–water partition coefficient (Wildman–Crippen LogP) is 4.68. The summed E-state index contributed by atoms with van der Waals surface area (Å²) in [5.74, 6) is 0. The highest BCUT2D eigenvalue weighted by Crippen LogP contribution is 2.22. The summed E-state index contributed by atoms with van der Waals surface area (Å²) in [5, 5.41) is 4.20. The minimum atomic E-state index is 0.761. The molecule has 1 N–H and O–H groups in total. The van der Waals surface area contributed by atoms with Crippen molar-refractivity contribution in [2.24, 2.45) is 0 Å². The molecule has 0 aliphatic heterocycles. The Bertz CT molecular complexity index is 520. The lowest BCUT2D eigenvalue weighted by atomic mass is 10.1. The van der Waals surface area contributed by atoms with Crippen LogP contribution in [0.5, 0.6) is 0 Å². The van der Waals surface area contributed by atoms with Gasteiger partial charge in [0.15, 0.2) is 0 Å². The Balaban J connectivity index is 2.11. The Morgan fingerprint density at radius 1 is 1.11 bits per heavy atom. The van der Waals surface area contributed by atoms with Crippen LogP contribution in [0.4, 0.5) is 5.69 Å². The summed E-state index contributed by atoms with van der Waals surface area (Å²) in [5.41, 5.74) is 3.55. The molecule has 2 aromatic rings. The molecule has 0 saturated heterocycles. The molecule has 0 saturated carbocycles. The minimum Gasteiger partial charge on any atom is -0.381 e. The zero-order chi connectivity index (χ0) is 12.8. The number of hydrogen-bond acceptors (Lipinski definition) is 1. The molecule has 0 heterocycles. The van der Waals surface area contributed by atoms with Gasteiger partial charge in [0.2, 0.25) is 0 Å². The predicted molar refractivity (Wildman–Crippen MR) is 79.1 cm³/mol. The van der Waals surface area contributed by atoms with Crippen LogP contribution in [0.3, 0.4) is 0 Å². The van der Waals surface area contributed by atoms with E-state index in [-0.39, 0.29) is 0 Å². The second-order valence-electron chi connectivity index (χ2n) is 4.13. The number of allylic oxidation sites excluding steroid dienone is 1. The van der Waals surface area contributed by atoms with Crippen molar-refractivity contribution in [1.82, 2.24) is 0 Å². The molecule has 0 fully saturated rings. The van der Waals surface area contributed by atoms with Crippen LogP contribution >= 0.6 is 11.6 Å². The van der Waals surface area contributed by atoms with Crippen LogP contribution in [-0.4, -0.2) is 0 Å². The van der Waals surface area contributed by atoms with Crippen LogP contribution in [0.25, 0.3) is 0 Å². The molecular formula is C16H16ClN. The van der Waals surface area contributed by atoms with E-state index in [1.54, 1.807) is 0 Å². The molecule has 2 rings (SSSR count). The van der Waals surface area contributed by atoms with Crippen molar-refractivity contribution >= 4 is 17.3 Å². The molecule has 2 aromatic carbocycles. The quantitative estimate of drug-likeness (QED) is 0.767. The van der Waals surface area contributed by atoms with E-state index in [1.165, 1.54) is 11.1 Å². The summed E-state index contributed by atoms with van der Waals surface area (Å²) in [6, 6.07) is 16.2. The van der Waals surface area contributed by atoms with E-state index in [0.29, 0.717) is 0 Å². The fourth-order valence-corrected chi connectivity index (χ4v) is 2.05. The molecule has 0 bridgehead atoms. The van der Waals surface area contributed by atoms with Crippen molar-refractivity contribution < 1.29 is 0 Å². The highest BCUT2D eigenvalue weighted by Gasteiger charge is 2.02. The molecule has 0 atom stereocenters. The molecule has 2 heteroatoms. The molecular weight excluding hydrogens is 242 g/mol. The van der Waals surface area contributed by atoms with E-state index in [0.717, 1.165) is 23.7 Å². The van der Waals surface area contributed by atoms with Gasteiger partial charge in [0, 0.05) is 17.3 Å². The summed E-state index contributed by atoms with van der Waals surface area (Å²) < 4.78 is 0. The molecule has 0 spiro atoms. The van der Waals surface area contributed by atoms with Gasteiger partial charge < -0.3 is 5.32 Å². The lowest BCUT2D eigenvalue weighted by molar-refractivity contribution is 1.13. The van der Waals surface area contributed by atoms with Crippen LogP contribution in [0, 0.1) is 0 Å². The summed E-state index contributed by atoms with van der Waals surface area (Å²) in [7, 11) is 0. The number of hydrogen-bond donors (Lipinski definition) is 1. The Hall–Kier alpha value is -1.73. The summed E-state index contributed by atoms with van der Waals surface area (Å²) in [6.07, 6.45) is 2.71. The highest BCUT2D eigenvalue weighted by molar-refractivity contribution is 6.30. The van der Waals surface area contributed by atoms with E-state index in [1.807, 2.05) is 42.5 Å². The van der Waals surface area contributed by atoms with Crippen molar-refractivity contribution in [2.75, 3.05) is 5.32 Å². The third-order valence-electron chi connectivity index (χ3n) is 2.76. The number of halogens is 1. The zero-order valence-corrected chi connectivity index (χ0v) is 11.0. The van der Waals surface area contributed by atoms with Crippen molar-refractivity contribution in [3.05, 3.63) is 77.3 Å². The first-order chi connectivity index (χ1) is 8.79. The van der Waals surface area contributed by atoms with Crippen LogP contribution in [0.1, 0.15) is 11.1 Å². The Morgan fingerprint density at radius 3 is 2.61 bits per heavy atom. The van der Waals surface area contributed by atoms with Gasteiger partial charge in [0.25, 0.3) is 0 Å². The van der Waals surface area contributed by atoms with Crippen molar-refractivity contribution in [3.63, 3.8) is 0 Å². The van der Waals surface area contributed by atoms with Crippen LogP contribution in [0.15, 0.2) is 61.2 Å². The topological polar surface area (TPSA) is 12.0 Å². The first-order valence-corrected chi connectivity index (χ1v) is 6.34. The molecule has 0 aliphatic rings. The molecule has 1 nitrogen and oxygen atoms in total. The maximum Gasteiger partial charge on any atom is 0.0410 e. The van der Waals surface area contributed by atoms with Gasteiger partial charge in [-0.25, -0.2) is 0 Å². The largest absolute Gasteiger partial charge is 0.381 e. The van der Waals surface area contributed by atoms with Gasteiger partial charge in [0.1, 0.15) is 0 Å². The summed E-state index contributed by atoms with van der Waals surface area (Å²) in [4.78, 5) is 0. The van der Waals surface area contributed by atoms with Gasteiger partial charge in [-0.2, -0.15) is 0 Å². The van der Waals surface area contributed by atoms with Gasteiger partial charge in [-0.15, -0.1) is 6.58 Å². The van der Waals surface area contributed by atoms with Gasteiger partial charge >= 0.3 is 0 Å². The van der Waals surface area contributed by atoms with Gasteiger partial charge in [-0.1, -0.05) is 48.0 Å². The van der Waals surface area contributed by atoms with Crippen molar-refractivity contribution in [2.45, 2.75) is 13.0 Å². The van der Waals surface area contributed by atoms with Crippen LogP contribution in [0.2, 0.25) is 5.02 Å². The van der Waals surface area contributed by atoms with E-state index < -0.39 is 0 Å². The average molecular weight is 258 g/mol. The van der Waals surface area contributed by atoms with Crippen molar-refractivity contribution in [3.8, 4) is 0 Å². The average Bonchev–Trinajstić information content (AvgIpc) is 2.39. The maximum atomic E-state index is 6.01. The molecule has 0 aliphatic carbocycles. The number of nitrogens with one attached hydrogen (secondary N) is 1. The SMILES string of the molecule is C=CCc1cc(Cl)ccc1NCc1ccccc1. The molecule has 0 aromatic heterocycles. The lowest BCUT2D eigenvalue weighted by Crippen LogP contribution is -2.02. The van der Waals surface area contributed by atoms with E-state index >= 15 is 0 Å². The van der Waals surface area contributed by atoms with E-state index in [4.69, 9.17) is 11.6 Å². The third-order valence-corrected chi connectivity index (χ3v) is 2.99. The maximum absolute atomic E-state index is 6.01. The zero-order valence-electron chi connectivity index (χ0n) is 10.2. The van der Waals surface area contributed by atoms with Crippen LogP contribution < -0.4 is 5.32 Å². The lowest BCUT2D eigenvalue weighted by Gasteiger charge is -2.11.